The van der Waals surface area contributed by atoms with Crippen molar-refractivity contribution in [2.24, 2.45) is 0 Å². The summed E-state index contributed by atoms with van der Waals surface area (Å²) in [5, 5.41) is 3.08. The molecule has 0 aliphatic heterocycles. The van der Waals surface area contributed by atoms with Crippen LogP contribution in [0.15, 0.2) is 65.4 Å². The smallest absolute Gasteiger partial charge is 0.257 e. The lowest BCUT2D eigenvalue weighted by Gasteiger charge is -2.11. The first kappa shape index (κ1) is 15.4. The fourth-order valence-corrected chi connectivity index (χ4v) is 1.75. The molecule has 1 amide bonds. The number of para-hydroxylation sites is 1. The summed E-state index contributed by atoms with van der Waals surface area (Å²) in [7, 11) is 0. The van der Waals surface area contributed by atoms with Crippen LogP contribution in [0.5, 0.6) is 0 Å². The summed E-state index contributed by atoms with van der Waals surface area (Å²) in [6.07, 6.45) is 5.07. The number of furan rings is 1. The monoisotopic (exact) mass is 297 g/mol. The first-order valence-corrected chi connectivity index (χ1v) is 6.90. The van der Waals surface area contributed by atoms with E-state index in [1.54, 1.807) is 24.5 Å². The van der Waals surface area contributed by atoms with Crippen LogP contribution in [0, 0.1) is 6.92 Å². The second kappa shape index (κ2) is 7.73. The van der Waals surface area contributed by atoms with E-state index >= 15 is 0 Å². The Morgan fingerprint density at radius 3 is 2.77 bits per heavy atom. The van der Waals surface area contributed by atoms with Crippen LogP contribution < -0.4 is 16.2 Å². The number of carbonyl (C=O) groups excluding carboxylic acids is 1. The van der Waals surface area contributed by atoms with Crippen LogP contribution in [0.25, 0.3) is 6.08 Å². The normalized spacial score (nSPS) is 10.4. The van der Waals surface area contributed by atoms with Crippen LogP contribution in [0.4, 0.5) is 5.69 Å². The van der Waals surface area contributed by atoms with E-state index in [1.807, 2.05) is 37.3 Å². The van der Waals surface area contributed by atoms with Crippen LogP contribution in [0.1, 0.15) is 11.3 Å². The maximum absolute atomic E-state index is 11.7. The van der Waals surface area contributed by atoms with Crippen molar-refractivity contribution in [3.63, 3.8) is 0 Å². The minimum absolute atomic E-state index is 0.174. The minimum Gasteiger partial charge on any atom is -0.465 e. The van der Waals surface area contributed by atoms with Gasteiger partial charge < -0.3 is 9.73 Å². The zero-order chi connectivity index (χ0) is 15.8. The SMILES string of the molecule is C=C(/C=C/c1ccco1)NNC(=O)CNc1ccccc1C. The summed E-state index contributed by atoms with van der Waals surface area (Å²) < 4.78 is 5.16. The van der Waals surface area contributed by atoms with E-state index in [1.165, 1.54) is 0 Å². The predicted octanol–water partition coefficient (Wildman–Crippen LogP) is 2.85. The lowest BCUT2D eigenvalue weighted by Crippen LogP contribution is -2.39. The van der Waals surface area contributed by atoms with Gasteiger partial charge in [0.25, 0.3) is 5.91 Å². The van der Waals surface area contributed by atoms with Gasteiger partial charge in [-0.05, 0) is 42.8 Å². The van der Waals surface area contributed by atoms with Crippen LogP contribution in [-0.2, 0) is 4.79 Å². The Morgan fingerprint density at radius 1 is 1.23 bits per heavy atom. The van der Waals surface area contributed by atoms with Gasteiger partial charge in [-0.1, -0.05) is 24.8 Å². The molecule has 5 nitrogen and oxygen atoms in total. The molecular weight excluding hydrogens is 278 g/mol. The van der Waals surface area contributed by atoms with Crippen molar-refractivity contribution >= 4 is 17.7 Å². The van der Waals surface area contributed by atoms with Crippen molar-refractivity contribution in [3.05, 3.63) is 72.3 Å². The number of allylic oxidation sites excluding steroid dienone is 1. The van der Waals surface area contributed by atoms with E-state index in [4.69, 9.17) is 4.42 Å². The molecular formula is C17H19N3O2. The number of anilines is 1. The molecule has 0 unspecified atom stereocenters. The van der Waals surface area contributed by atoms with Crippen molar-refractivity contribution in [1.82, 2.24) is 10.9 Å². The molecule has 2 aromatic rings. The lowest BCUT2D eigenvalue weighted by atomic mass is 10.2. The quantitative estimate of drug-likeness (QED) is 0.543. The molecule has 0 aliphatic carbocycles. The van der Waals surface area contributed by atoms with E-state index in [-0.39, 0.29) is 12.5 Å². The highest BCUT2D eigenvalue weighted by Crippen LogP contribution is 2.12. The van der Waals surface area contributed by atoms with Crippen molar-refractivity contribution in [2.75, 3.05) is 11.9 Å². The van der Waals surface area contributed by atoms with E-state index in [0.29, 0.717) is 5.70 Å². The zero-order valence-electron chi connectivity index (χ0n) is 12.4. The Hall–Kier alpha value is -2.95. The van der Waals surface area contributed by atoms with Gasteiger partial charge in [0.2, 0.25) is 0 Å². The topological polar surface area (TPSA) is 66.3 Å². The molecule has 0 aliphatic rings. The van der Waals surface area contributed by atoms with Crippen LogP contribution in [0.3, 0.4) is 0 Å². The first-order chi connectivity index (χ1) is 10.6. The summed E-state index contributed by atoms with van der Waals surface area (Å²) >= 11 is 0. The average Bonchev–Trinajstić information content (AvgIpc) is 3.03. The van der Waals surface area contributed by atoms with Crippen molar-refractivity contribution in [3.8, 4) is 0 Å². The summed E-state index contributed by atoms with van der Waals surface area (Å²) in [4.78, 5) is 11.7. The molecule has 0 spiro atoms. The van der Waals surface area contributed by atoms with E-state index in [2.05, 4.69) is 22.7 Å². The van der Waals surface area contributed by atoms with E-state index in [9.17, 15) is 4.79 Å². The molecule has 2 rings (SSSR count). The molecule has 22 heavy (non-hydrogen) atoms. The van der Waals surface area contributed by atoms with Gasteiger partial charge in [0.15, 0.2) is 0 Å². The van der Waals surface area contributed by atoms with Crippen LogP contribution in [0.2, 0.25) is 0 Å². The number of hydrogen-bond donors (Lipinski definition) is 3. The van der Waals surface area contributed by atoms with Crippen molar-refractivity contribution in [2.45, 2.75) is 6.92 Å². The predicted molar refractivity (Wildman–Crippen MR) is 87.8 cm³/mol. The maximum atomic E-state index is 11.7. The Labute approximate surface area is 129 Å². The standard InChI is InChI=1S/C17H19N3O2/c1-13-6-3-4-8-16(13)18-12-17(21)20-19-14(2)9-10-15-7-5-11-22-15/h3-11,18-19H,2,12H2,1H3,(H,20,21)/b10-9+. The molecule has 1 heterocycles. The number of nitrogens with one attached hydrogen (secondary N) is 3. The van der Waals surface area contributed by atoms with Crippen molar-refractivity contribution < 1.29 is 9.21 Å². The Morgan fingerprint density at radius 2 is 2.05 bits per heavy atom. The van der Waals surface area contributed by atoms with Gasteiger partial charge >= 0.3 is 0 Å². The summed E-state index contributed by atoms with van der Waals surface area (Å²) in [6, 6.07) is 11.4. The lowest BCUT2D eigenvalue weighted by molar-refractivity contribution is -0.120. The van der Waals surface area contributed by atoms with Gasteiger partial charge in [0.05, 0.1) is 12.8 Å². The number of benzene rings is 1. The van der Waals surface area contributed by atoms with Crippen LogP contribution in [-0.4, -0.2) is 12.5 Å². The fraction of sp³-hybridized carbons (Fsp3) is 0.118. The number of rotatable bonds is 7. The maximum Gasteiger partial charge on any atom is 0.257 e. The summed E-state index contributed by atoms with van der Waals surface area (Å²) in [6.45, 7) is 5.94. The Balaban J connectivity index is 1.71. The molecule has 0 fully saturated rings. The summed E-state index contributed by atoms with van der Waals surface area (Å²) in [5.74, 6) is 0.534. The Kier molecular flexibility index (Phi) is 5.43. The van der Waals surface area contributed by atoms with Crippen molar-refractivity contribution in [1.29, 1.82) is 0 Å². The highest BCUT2D eigenvalue weighted by Gasteiger charge is 2.02. The molecule has 5 heteroatoms. The Bertz CT molecular complexity index is 660. The minimum atomic E-state index is -0.184. The number of hydrogen-bond acceptors (Lipinski definition) is 4. The highest BCUT2D eigenvalue weighted by atomic mass is 16.3. The highest BCUT2D eigenvalue weighted by molar-refractivity contribution is 5.80. The summed E-state index contributed by atoms with van der Waals surface area (Å²) in [5.41, 5.74) is 7.89. The van der Waals surface area contributed by atoms with Gasteiger partial charge in [-0.3, -0.25) is 15.6 Å². The molecule has 0 saturated carbocycles. The van der Waals surface area contributed by atoms with E-state index in [0.717, 1.165) is 17.0 Å². The first-order valence-electron chi connectivity index (χ1n) is 6.90. The second-order valence-electron chi connectivity index (χ2n) is 4.72. The van der Waals surface area contributed by atoms with Gasteiger partial charge in [0.1, 0.15) is 5.76 Å². The third kappa shape index (κ3) is 4.86. The van der Waals surface area contributed by atoms with Gasteiger partial charge in [-0.15, -0.1) is 0 Å². The number of carbonyl (C=O) groups is 1. The van der Waals surface area contributed by atoms with Crippen LogP contribution >= 0.6 is 0 Å². The number of amides is 1. The largest absolute Gasteiger partial charge is 0.465 e. The average molecular weight is 297 g/mol. The molecule has 114 valence electrons. The number of aryl methyl sites for hydroxylation is 1. The molecule has 0 bridgehead atoms. The molecule has 1 aromatic carbocycles. The second-order valence-corrected chi connectivity index (χ2v) is 4.72. The zero-order valence-corrected chi connectivity index (χ0v) is 12.4. The molecule has 0 atom stereocenters. The van der Waals surface area contributed by atoms with Gasteiger partial charge in [-0.2, -0.15) is 0 Å². The molecule has 3 N–H and O–H groups in total. The van der Waals surface area contributed by atoms with Gasteiger partial charge in [0, 0.05) is 11.4 Å². The third-order valence-electron chi connectivity index (χ3n) is 2.94. The molecule has 0 radical (unpaired) electrons. The van der Waals surface area contributed by atoms with Gasteiger partial charge in [-0.25, -0.2) is 0 Å². The van der Waals surface area contributed by atoms with E-state index < -0.39 is 0 Å². The third-order valence-corrected chi connectivity index (χ3v) is 2.94. The molecule has 1 aromatic heterocycles. The molecule has 0 saturated heterocycles. The number of hydrazine groups is 1. The fourth-order valence-electron chi connectivity index (χ4n) is 1.75.